The predicted octanol–water partition coefficient (Wildman–Crippen LogP) is 1.98. The molecule has 1 aliphatic rings. The van der Waals surface area contributed by atoms with Crippen LogP contribution in [0.15, 0.2) is 35.4 Å². The van der Waals surface area contributed by atoms with Gasteiger partial charge in [-0.3, -0.25) is 19.0 Å². The highest BCUT2D eigenvalue weighted by atomic mass is 32.1. The topological polar surface area (TPSA) is 109 Å². The minimum Gasteiger partial charge on any atom is -0.356 e. The number of hydrogen-bond acceptors (Lipinski definition) is 7. The van der Waals surface area contributed by atoms with Crippen LogP contribution in [0.4, 0.5) is 15.2 Å². The molecule has 2 N–H and O–H groups in total. The van der Waals surface area contributed by atoms with E-state index in [4.69, 9.17) is 0 Å². The zero-order valence-corrected chi connectivity index (χ0v) is 18.3. The van der Waals surface area contributed by atoms with Gasteiger partial charge in [-0.2, -0.15) is 4.98 Å². The number of fused-ring (bicyclic) bond motifs is 1. The molecule has 1 fully saturated rings. The number of benzene rings is 1. The molecule has 1 aromatic carbocycles. The van der Waals surface area contributed by atoms with E-state index < -0.39 is 11.7 Å². The van der Waals surface area contributed by atoms with E-state index in [0.717, 1.165) is 19.4 Å². The molecule has 1 aliphatic heterocycles. The number of nitrogens with one attached hydrogen (secondary N) is 2. The first kappa shape index (κ1) is 21.9. The van der Waals surface area contributed by atoms with Gasteiger partial charge in [-0.1, -0.05) is 23.5 Å². The van der Waals surface area contributed by atoms with Crippen molar-refractivity contribution in [2.24, 2.45) is 5.92 Å². The second-order valence-corrected chi connectivity index (χ2v) is 8.51. The number of carbonyl (C=O) groups is 2. The third-order valence-corrected chi connectivity index (χ3v) is 6.34. The van der Waals surface area contributed by atoms with Crippen LogP contribution in [-0.2, 0) is 16.1 Å². The fourth-order valence-corrected chi connectivity index (χ4v) is 4.68. The monoisotopic (exact) mass is 458 g/mol. The van der Waals surface area contributed by atoms with Gasteiger partial charge in [0.2, 0.25) is 11.8 Å². The van der Waals surface area contributed by atoms with Crippen LogP contribution in [0, 0.1) is 11.7 Å². The Morgan fingerprint density at radius 1 is 1.31 bits per heavy atom. The van der Waals surface area contributed by atoms with E-state index in [1.165, 1.54) is 40.4 Å². The van der Waals surface area contributed by atoms with E-state index in [2.05, 4.69) is 20.6 Å². The third kappa shape index (κ3) is 4.62. The molecule has 3 aromatic rings. The summed E-state index contributed by atoms with van der Waals surface area (Å²) in [7, 11) is 0. The number of carbonyl (C=O) groups excluding carboxylic acids is 2. The number of hydrogen-bond donors (Lipinski definition) is 2. The number of piperidine rings is 1. The predicted molar refractivity (Wildman–Crippen MR) is 120 cm³/mol. The number of aromatic nitrogens is 3. The largest absolute Gasteiger partial charge is 0.356 e. The Morgan fingerprint density at radius 3 is 2.91 bits per heavy atom. The second-order valence-electron chi connectivity index (χ2n) is 7.53. The van der Waals surface area contributed by atoms with Crippen molar-refractivity contribution in [1.29, 1.82) is 0 Å². The Hall–Kier alpha value is -3.34. The molecule has 0 saturated carbocycles. The first-order valence-electron chi connectivity index (χ1n) is 10.4. The van der Waals surface area contributed by atoms with Crippen molar-refractivity contribution in [3.63, 3.8) is 0 Å². The highest BCUT2D eigenvalue weighted by Crippen LogP contribution is 2.29. The number of thiazole rings is 1. The number of halogens is 1. The Labute approximate surface area is 187 Å². The summed E-state index contributed by atoms with van der Waals surface area (Å²) in [6.45, 7) is 3.45. The summed E-state index contributed by atoms with van der Waals surface area (Å²) >= 11 is 1.20. The zero-order valence-electron chi connectivity index (χ0n) is 17.5. The van der Waals surface area contributed by atoms with E-state index in [-0.39, 0.29) is 29.6 Å². The number of rotatable bonds is 6. The van der Waals surface area contributed by atoms with Gasteiger partial charge < -0.3 is 15.5 Å². The van der Waals surface area contributed by atoms with Gasteiger partial charge in [-0.05, 0) is 31.9 Å². The van der Waals surface area contributed by atoms with Crippen molar-refractivity contribution in [1.82, 2.24) is 19.9 Å². The van der Waals surface area contributed by atoms with Crippen molar-refractivity contribution in [2.75, 3.05) is 29.9 Å². The molecule has 2 amide bonds. The lowest BCUT2D eigenvalue weighted by Crippen LogP contribution is -2.43. The van der Waals surface area contributed by atoms with Crippen LogP contribution in [0.2, 0.25) is 0 Å². The van der Waals surface area contributed by atoms with Crippen molar-refractivity contribution in [3.05, 3.63) is 46.8 Å². The van der Waals surface area contributed by atoms with E-state index >= 15 is 0 Å². The first-order valence-corrected chi connectivity index (χ1v) is 11.2. The van der Waals surface area contributed by atoms with Crippen LogP contribution in [-0.4, -0.2) is 46.0 Å². The molecule has 9 nitrogen and oxygen atoms in total. The molecule has 0 bridgehead atoms. The quantitative estimate of drug-likeness (QED) is 0.585. The molecule has 4 rings (SSSR count). The molecule has 3 heterocycles. The molecule has 0 aliphatic carbocycles. The minimum absolute atomic E-state index is 0.0275. The van der Waals surface area contributed by atoms with Gasteiger partial charge in [0.15, 0.2) is 10.8 Å². The molecule has 11 heteroatoms. The van der Waals surface area contributed by atoms with Crippen LogP contribution >= 0.6 is 11.3 Å². The number of anilines is 2. The molecule has 0 spiro atoms. The summed E-state index contributed by atoms with van der Waals surface area (Å²) in [5, 5.41) is 5.95. The lowest BCUT2D eigenvalue weighted by molar-refractivity contribution is -0.125. The van der Waals surface area contributed by atoms with E-state index in [0.29, 0.717) is 28.6 Å². The molecule has 1 saturated heterocycles. The summed E-state index contributed by atoms with van der Waals surface area (Å²) < 4.78 is 15.3. The van der Waals surface area contributed by atoms with Crippen LogP contribution in [0.3, 0.4) is 0 Å². The highest BCUT2D eigenvalue weighted by molar-refractivity contribution is 7.22. The summed E-state index contributed by atoms with van der Waals surface area (Å²) in [5.41, 5.74) is -0.0351. The summed E-state index contributed by atoms with van der Waals surface area (Å²) in [4.78, 5) is 48.1. The Balaban J connectivity index is 1.51. The Kier molecular flexibility index (Phi) is 6.45. The molecule has 168 valence electrons. The molecule has 0 radical (unpaired) electrons. The van der Waals surface area contributed by atoms with Crippen LogP contribution in [0.5, 0.6) is 0 Å². The molecular formula is C21H23FN6O3S. The van der Waals surface area contributed by atoms with Crippen molar-refractivity contribution in [2.45, 2.75) is 26.3 Å². The smallest absolute Gasteiger partial charge is 0.273 e. The van der Waals surface area contributed by atoms with Crippen LogP contribution < -0.4 is 21.1 Å². The van der Waals surface area contributed by atoms with Gasteiger partial charge in [0, 0.05) is 19.6 Å². The van der Waals surface area contributed by atoms with E-state index in [9.17, 15) is 18.8 Å². The maximum absolute atomic E-state index is 13.7. The Bertz CT molecular complexity index is 1210. The molecule has 32 heavy (non-hydrogen) atoms. The normalized spacial score (nSPS) is 16.2. The first-order chi connectivity index (χ1) is 15.5. The SMILES string of the molecule is CCNC(=O)[C@H]1CCCN(c2nc3ncn(CC(=O)Nc4ccccc4F)c(=O)c3s2)C1. The van der Waals surface area contributed by atoms with Gasteiger partial charge in [0.05, 0.1) is 11.6 Å². The van der Waals surface area contributed by atoms with Crippen molar-refractivity contribution in [3.8, 4) is 0 Å². The standard InChI is InChI=1S/C21H23FN6O3S/c1-2-23-19(30)13-6-5-9-27(10-13)21-26-18-17(32-21)20(31)28(12-24-18)11-16(29)25-15-8-4-3-7-14(15)22/h3-4,7-8,12-13H,2,5-6,9-11H2,1H3,(H,23,30)(H,25,29)/t13-/m0/s1. The average molecular weight is 459 g/mol. The zero-order chi connectivity index (χ0) is 22.7. The fourth-order valence-electron chi connectivity index (χ4n) is 3.67. The minimum atomic E-state index is -0.554. The summed E-state index contributed by atoms with van der Waals surface area (Å²) in [6.07, 6.45) is 2.93. The molecule has 1 atom stereocenters. The van der Waals surface area contributed by atoms with Gasteiger partial charge in [0.1, 0.15) is 23.4 Å². The van der Waals surface area contributed by atoms with E-state index in [1.807, 2.05) is 11.8 Å². The van der Waals surface area contributed by atoms with Crippen LogP contribution in [0.1, 0.15) is 19.8 Å². The van der Waals surface area contributed by atoms with Crippen molar-refractivity contribution < 1.29 is 14.0 Å². The lowest BCUT2D eigenvalue weighted by Gasteiger charge is -2.31. The van der Waals surface area contributed by atoms with Crippen LogP contribution in [0.25, 0.3) is 10.3 Å². The average Bonchev–Trinajstić information content (AvgIpc) is 3.23. The summed E-state index contributed by atoms with van der Waals surface area (Å²) in [5.74, 6) is -1.19. The second kappa shape index (κ2) is 9.43. The highest BCUT2D eigenvalue weighted by Gasteiger charge is 2.27. The molecule has 2 aromatic heterocycles. The molecule has 0 unspecified atom stereocenters. The number of para-hydroxylation sites is 1. The fraction of sp³-hybridized carbons (Fsp3) is 0.381. The lowest BCUT2D eigenvalue weighted by atomic mass is 9.97. The maximum Gasteiger partial charge on any atom is 0.273 e. The number of amides is 2. The van der Waals surface area contributed by atoms with Gasteiger partial charge in [-0.15, -0.1) is 0 Å². The van der Waals surface area contributed by atoms with E-state index in [1.54, 1.807) is 6.07 Å². The Morgan fingerprint density at radius 2 is 2.12 bits per heavy atom. The van der Waals surface area contributed by atoms with Gasteiger partial charge >= 0.3 is 0 Å². The summed E-state index contributed by atoms with van der Waals surface area (Å²) in [6, 6.07) is 5.81. The maximum atomic E-state index is 13.7. The number of nitrogens with zero attached hydrogens (tertiary/aromatic N) is 4. The third-order valence-electron chi connectivity index (χ3n) is 5.25. The van der Waals surface area contributed by atoms with Gasteiger partial charge in [-0.25, -0.2) is 9.37 Å². The van der Waals surface area contributed by atoms with Gasteiger partial charge in [0.25, 0.3) is 5.56 Å². The molecular weight excluding hydrogens is 435 g/mol. The van der Waals surface area contributed by atoms with Crippen molar-refractivity contribution >= 4 is 44.3 Å².